The van der Waals surface area contributed by atoms with Crippen LogP contribution in [0.25, 0.3) is 0 Å². The molecule has 1 aliphatic rings. The van der Waals surface area contributed by atoms with E-state index in [1.54, 1.807) is 0 Å². The molecule has 8 heteroatoms. The van der Waals surface area contributed by atoms with Crippen LogP contribution in [0.1, 0.15) is 6.42 Å². The third kappa shape index (κ3) is 1.56. The molecule has 0 aromatic carbocycles. The van der Waals surface area contributed by atoms with E-state index in [4.69, 9.17) is 5.11 Å². The highest BCUT2D eigenvalue weighted by Crippen LogP contribution is 2.51. The monoisotopic (exact) mass is 224 g/mol. The summed E-state index contributed by atoms with van der Waals surface area (Å²) in [5.74, 6) is 0. The van der Waals surface area contributed by atoms with Crippen LogP contribution in [0.5, 0.6) is 0 Å². The quantitative estimate of drug-likeness (QED) is 0.633. The minimum absolute atomic E-state index is 0.959. The van der Waals surface area contributed by atoms with Crippen LogP contribution < -0.4 is 0 Å². The number of hydrogen-bond acceptors (Lipinski definition) is 2. The molecule has 84 valence electrons. The fourth-order valence-electron chi connectivity index (χ4n) is 1.24. The van der Waals surface area contributed by atoms with Crippen molar-refractivity contribution < 1.29 is 36.2 Å². The van der Waals surface area contributed by atoms with E-state index in [-0.39, 0.29) is 0 Å². The van der Waals surface area contributed by atoms with Crippen LogP contribution in [0.3, 0.4) is 0 Å². The van der Waals surface area contributed by atoms with Gasteiger partial charge < -0.3 is 9.84 Å². The average molecular weight is 224 g/mol. The van der Waals surface area contributed by atoms with Gasteiger partial charge in [0.25, 0.3) is 5.60 Å². The highest BCUT2D eigenvalue weighted by Gasteiger charge is 2.74. The average Bonchev–Trinajstić information content (AvgIpc) is 2.28. The van der Waals surface area contributed by atoms with Gasteiger partial charge in [0.2, 0.25) is 0 Å². The van der Waals surface area contributed by atoms with Crippen molar-refractivity contribution in [3.05, 3.63) is 0 Å². The molecule has 0 amide bonds. The lowest BCUT2D eigenvalue weighted by atomic mass is 9.98. The second-order valence-corrected chi connectivity index (χ2v) is 2.99. The summed E-state index contributed by atoms with van der Waals surface area (Å²) in [5, 5.41) is 8.67. The second-order valence-electron chi connectivity index (χ2n) is 2.99. The molecule has 0 bridgehead atoms. The van der Waals surface area contributed by atoms with Crippen LogP contribution in [-0.2, 0) is 4.74 Å². The number of aliphatic hydroxyl groups is 1. The van der Waals surface area contributed by atoms with Gasteiger partial charge in [-0.15, -0.1) is 0 Å². The molecule has 0 aromatic heterocycles. The Morgan fingerprint density at radius 2 is 1.50 bits per heavy atom. The number of halogens is 6. The Kier molecular flexibility index (Phi) is 2.47. The Labute approximate surface area is 74.5 Å². The van der Waals surface area contributed by atoms with Crippen molar-refractivity contribution >= 4 is 0 Å². The predicted molar refractivity (Wildman–Crippen MR) is 31.4 cm³/mol. The molecule has 0 spiro atoms. The van der Waals surface area contributed by atoms with E-state index >= 15 is 0 Å². The van der Waals surface area contributed by atoms with E-state index in [1.807, 2.05) is 0 Å². The molecule has 1 saturated heterocycles. The van der Waals surface area contributed by atoms with Crippen LogP contribution in [0, 0.1) is 0 Å². The van der Waals surface area contributed by atoms with Crippen molar-refractivity contribution in [3.63, 3.8) is 0 Å². The zero-order chi connectivity index (χ0) is 11.2. The van der Waals surface area contributed by atoms with E-state index in [2.05, 4.69) is 4.74 Å². The molecular formula is C6H6F6O2. The predicted octanol–water partition coefficient (Wildman–Crippen LogP) is 1.63. The summed E-state index contributed by atoms with van der Waals surface area (Å²) in [6, 6.07) is 0. The molecule has 0 aliphatic carbocycles. The summed E-state index contributed by atoms with van der Waals surface area (Å²) in [4.78, 5) is 0. The SMILES string of the molecule is OC1COC(C(F)(F)F)(C(F)(F)F)C1. The van der Waals surface area contributed by atoms with Crippen molar-refractivity contribution in [2.24, 2.45) is 0 Å². The zero-order valence-electron chi connectivity index (χ0n) is 6.61. The number of rotatable bonds is 0. The molecule has 1 rings (SSSR count). The molecule has 1 heterocycles. The maximum atomic E-state index is 12.1. The van der Waals surface area contributed by atoms with E-state index in [0.29, 0.717) is 0 Å². The number of alkyl halides is 6. The van der Waals surface area contributed by atoms with Crippen LogP contribution in [0.4, 0.5) is 26.3 Å². The Morgan fingerprint density at radius 1 is 1.07 bits per heavy atom. The van der Waals surface area contributed by atoms with Gasteiger partial charge >= 0.3 is 12.4 Å². The van der Waals surface area contributed by atoms with Crippen LogP contribution in [0.15, 0.2) is 0 Å². The Balaban J connectivity index is 3.05. The maximum absolute atomic E-state index is 12.1. The summed E-state index contributed by atoms with van der Waals surface area (Å²) < 4.78 is 76.5. The van der Waals surface area contributed by atoms with Crippen LogP contribution >= 0.6 is 0 Å². The lowest BCUT2D eigenvalue weighted by Gasteiger charge is -2.32. The van der Waals surface area contributed by atoms with Crippen LogP contribution in [-0.4, -0.2) is 35.8 Å². The van der Waals surface area contributed by atoms with E-state index in [9.17, 15) is 26.3 Å². The zero-order valence-corrected chi connectivity index (χ0v) is 6.61. The first-order valence-corrected chi connectivity index (χ1v) is 3.55. The molecule has 1 unspecified atom stereocenters. The number of ether oxygens (including phenoxy) is 1. The summed E-state index contributed by atoms with van der Waals surface area (Å²) in [7, 11) is 0. The van der Waals surface area contributed by atoms with Gasteiger partial charge in [0.1, 0.15) is 0 Å². The summed E-state index contributed by atoms with van der Waals surface area (Å²) in [5.41, 5.74) is -4.21. The molecule has 14 heavy (non-hydrogen) atoms. The standard InChI is InChI=1S/C6H6F6O2/c7-5(8,9)4(6(10,11)12)1-3(13)2-14-4/h3,13H,1-2H2. The third-order valence-electron chi connectivity index (χ3n) is 1.96. The minimum atomic E-state index is -5.57. The normalized spacial score (nSPS) is 28.1. The number of aliphatic hydroxyl groups excluding tert-OH is 1. The van der Waals surface area contributed by atoms with Gasteiger partial charge in [0.15, 0.2) is 0 Å². The van der Waals surface area contributed by atoms with Gasteiger partial charge in [-0.1, -0.05) is 0 Å². The number of hydrogen-bond donors (Lipinski definition) is 1. The maximum Gasteiger partial charge on any atom is 0.426 e. The molecular weight excluding hydrogens is 218 g/mol. The highest BCUT2D eigenvalue weighted by molar-refractivity contribution is 5.01. The van der Waals surface area contributed by atoms with Crippen molar-refractivity contribution in [1.82, 2.24) is 0 Å². The van der Waals surface area contributed by atoms with E-state index in [1.165, 1.54) is 0 Å². The lowest BCUT2D eigenvalue weighted by Crippen LogP contribution is -2.56. The molecule has 0 radical (unpaired) electrons. The molecule has 1 aliphatic heterocycles. The fraction of sp³-hybridized carbons (Fsp3) is 1.00. The van der Waals surface area contributed by atoms with Crippen LogP contribution in [0.2, 0.25) is 0 Å². The van der Waals surface area contributed by atoms with Gasteiger partial charge in [-0.3, -0.25) is 0 Å². The van der Waals surface area contributed by atoms with Gasteiger partial charge in [-0.2, -0.15) is 26.3 Å². The van der Waals surface area contributed by atoms with Crippen molar-refractivity contribution in [1.29, 1.82) is 0 Å². The van der Waals surface area contributed by atoms with Gasteiger partial charge in [-0.05, 0) is 0 Å². The largest absolute Gasteiger partial charge is 0.426 e. The minimum Gasteiger partial charge on any atom is -0.391 e. The molecule has 0 aromatic rings. The molecule has 0 saturated carbocycles. The van der Waals surface area contributed by atoms with Crippen molar-refractivity contribution in [2.75, 3.05) is 6.61 Å². The molecule has 1 fully saturated rings. The van der Waals surface area contributed by atoms with Crippen molar-refractivity contribution in [3.8, 4) is 0 Å². The lowest BCUT2D eigenvalue weighted by molar-refractivity contribution is -0.368. The molecule has 1 N–H and O–H groups in total. The molecule has 1 atom stereocenters. The highest BCUT2D eigenvalue weighted by atomic mass is 19.4. The second kappa shape index (κ2) is 2.99. The first-order chi connectivity index (χ1) is 6.10. The Hall–Kier alpha value is -0.500. The van der Waals surface area contributed by atoms with Gasteiger partial charge in [-0.25, -0.2) is 0 Å². The first kappa shape index (κ1) is 11.6. The summed E-state index contributed by atoms with van der Waals surface area (Å²) >= 11 is 0. The Bertz CT molecular complexity index is 205. The summed E-state index contributed by atoms with van der Waals surface area (Å²) in [6.07, 6.45) is -14.4. The van der Waals surface area contributed by atoms with Crippen molar-refractivity contribution in [2.45, 2.75) is 30.5 Å². The first-order valence-electron chi connectivity index (χ1n) is 3.55. The van der Waals surface area contributed by atoms with E-state index < -0.39 is 37.1 Å². The smallest absolute Gasteiger partial charge is 0.391 e. The fourth-order valence-corrected chi connectivity index (χ4v) is 1.24. The molecule has 2 nitrogen and oxygen atoms in total. The van der Waals surface area contributed by atoms with E-state index in [0.717, 1.165) is 0 Å². The van der Waals surface area contributed by atoms with Gasteiger partial charge in [0.05, 0.1) is 12.7 Å². The Morgan fingerprint density at radius 3 is 1.64 bits per heavy atom. The topological polar surface area (TPSA) is 29.5 Å². The summed E-state index contributed by atoms with van der Waals surface area (Å²) in [6.45, 7) is -0.959. The van der Waals surface area contributed by atoms with Gasteiger partial charge in [0, 0.05) is 6.42 Å². The third-order valence-corrected chi connectivity index (χ3v) is 1.96.